The van der Waals surface area contributed by atoms with E-state index in [1.807, 2.05) is 41.3 Å². The molecule has 162 valence electrons. The Balaban J connectivity index is 1.83. The van der Waals surface area contributed by atoms with Gasteiger partial charge in [-0.15, -0.1) is 0 Å². The van der Waals surface area contributed by atoms with E-state index in [0.29, 0.717) is 13.1 Å². The molecule has 31 heavy (non-hydrogen) atoms. The van der Waals surface area contributed by atoms with Crippen LogP contribution in [0.5, 0.6) is 5.75 Å². The maximum absolute atomic E-state index is 13.2. The van der Waals surface area contributed by atoms with Gasteiger partial charge in [0.1, 0.15) is 5.75 Å². The number of anilines is 1. The Morgan fingerprint density at radius 1 is 1.10 bits per heavy atom. The molecule has 0 radical (unpaired) electrons. The number of pyridine rings is 1. The zero-order chi connectivity index (χ0) is 22.4. The second kappa shape index (κ2) is 9.98. The van der Waals surface area contributed by atoms with Crippen molar-refractivity contribution in [3.63, 3.8) is 0 Å². The van der Waals surface area contributed by atoms with Crippen molar-refractivity contribution in [1.29, 1.82) is 0 Å². The molecule has 0 fully saturated rings. The van der Waals surface area contributed by atoms with E-state index in [4.69, 9.17) is 28.6 Å². The summed E-state index contributed by atoms with van der Waals surface area (Å²) in [5.74, 6) is 0.724. The lowest BCUT2D eigenvalue weighted by atomic mass is 10.2. The van der Waals surface area contributed by atoms with Crippen LogP contribution in [-0.4, -0.2) is 22.1 Å². The first-order chi connectivity index (χ1) is 14.8. The summed E-state index contributed by atoms with van der Waals surface area (Å²) < 4.78 is 44.7. The van der Waals surface area contributed by atoms with E-state index in [9.17, 15) is 13.2 Å². The van der Waals surface area contributed by atoms with Gasteiger partial charge in [0, 0.05) is 18.4 Å². The van der Waals surface area contributed by atoms with Crippen LogP contribution in [0, 0.1) is 0 Å². The summed E-state index contributed by atoms with van der Waals surface area (Å²) in [7, 11) is 1.59. The standard InChI is InChI=1S/C22H19ClF3N3OS/c1-30-18-8-5-15(6-9-18)13-29(14-17-4-2-3-11-27-17)21(31)28-16-7-10-20(23)19(12-16)22(24,25)26/h2-12H,13-14H2,1H3,(H,28,31). The SMILES string of the molecule is COc1ccc(CN(Cc2ccccn2)C(=S)Nc2ccc(Cl)c(C(F)(F)F)c2)cc1. The molecular formula is C22H19ClF3N3OS. The molecule has 9 heteroatoms. The molecule has 0 saturated carbocycles. The summed E-state index contributed by atoms with van der Waals surface area (Å²) in [4.78, 5) is 6.14. The van der Waals surface area contributed by atoms with Crippen LogP contribution in [0.25, 0.3) is 0 Å². The Morgan fingerprint density at radius 3 is 2.45 bits per heavy atom. The van der Waals surface area contributed by atoms with Crippen LogP contribution in [0.3, 0.4) is 0 Å². The highest BCUT2D eigenvalue weighted by Crippen LogP contribution is 2.36. The summed E-state index contributed by atoms with van der Waals surface area (Å²) in [5.41, 5.74) is 0.996. The number of nitrogens with zero attached hydrogens (tertiary/aromatic N) is 2. The summed E-state index contributed by atoms with van der Waals surface area (Å²) in [6.45, 7) is 0.796. The van der Waals surface area contributed by atoms with E-state index < -0.39 is 11.7 Å². The smallest absolute Gasteiger partial charge is 0.417 e. The third-order valence-corrected chi connectivity index (χ3v) is 5.11. The first-order valence-corrected chi connectivity index (χ1v) is 10.0. The average molecular weight is 466 g/mol. The predicted molar refractivity (Wildman–Crippen MR) is 119 cm³/mol. The summed E-state index contributed by atoms with van der Waals surface area (Å²) >= 11 is 11.2. The number of alkyl halides is 3. The third kappa shape index (κ3) is 6.32. The topological polar surface area (TPSA) is 37.4 Å². The Labute approximate surface area is 188 Å². The van der Waals surface area contributed by atoms with E-state index in [1.54, 1.807) is 19.4 Å². The molecule has 0 aliphatic rings. The minimum absolute atomic E-state index is 0.197. The molecule has 1 N–H and O–H groups in total. The fourth-order valence-corrected chi connectivity index (χ4v) is 3.33. The lowest BCUT2D eigenvalue weighted by Gasteiger charge is -2.26. The number of halogens is 4. The lowest BCUT2D eigenvalue weighted by Crippen LogP contribution is -2.34. The maximum atomic E-state index is 13.2. The zero-order valence-corrected chi connectivity index (χ0v) is 18.1. The largest absolute Gasteiger partial charge is 0.497 e. The van der Waals surface area contributed by atoms with Crippen molar-refractivity contribution < 1.29 is 17.9 Å². The van der Waals surface area contributed by atoms with Gasteiger partial charge < -0.3 is 15.0 Å². The van der Waals surface area contributed by atoms with Gasteiger partial charge in [0.2, 0.25) is 0 Å². The van der Waals surface area contributed by atoms with Crippen molar-refractivity contribution in [3.05, 3.63) is 88.7 Å². The Kier molecular flexibility index (Phi) is 7.35. The number of methoxy groups -OCH3 is 1. The zero-order valence-electron chi connectivity index (χ0n) is 16.5. The van der Waals surface area contributed by atoms with Crippen LogP contribution in [0.15, 0.2) is 66.9 Å². The van der Waals surface area contributed by atoms with Gasteiger partial charge in [-0.3, -0.25) is 4.98 Å². The minimum atomic E-state index is -4.56. The van der Waals surface area contributed by atoms with Gasteiger partial charge in [-0.05, 0) is 60.2 Å². The van der Waals surface area contributed by atoms with Gasteiger partial charge in [0.25, 0.3) is 0 Å². The summed E-state index contributed by atoms with van der Waals surface area (Å²) in [6, 6.07) is 16.6. The second-order valence-electron chi connectivity index (χ2n) is 6.65. The van der Waals surface area contributed by atoms with E-state index in [-0.39, 0.29) is 15.8 Å². The molecule has 0 atom stereocenters. The van der Waals surface area contributed by atoms with Crippen LogP contribution < -0.4 is 10.1 Å². The fraction of sp³-hybridized carbons (Fsp3) is 0.182. The first-order valence-electron chi connectivity index (χ1n) is 9.22. The molecule has 0 aliphatic carbocycles. The Hall–Kier alpha value is -2.84. The van der Waals surface area contributed by atoms with Crippen molar-refractivity contribution in [2.75, 3.05) is 12.4 Å². The van der Waals surface area contributed by atoms with E-state index >= 15 is 0 Å². The number of rotatable bonds is 6. The predicted octanol–water partition coefficient (Wildman–Crippen LogP) is 6.16. The van der Waals surface area contributed by atoms with Gasteiger partial charge in [0.15, 0.2) is 5.11 Å². The molecule has 1 aromatic heterocycles. The highest BCUT2D eigenvalue weighted by Gasteiger charge is 2.33. The van der Waals surface area contributed by atoms with Crippen molar-refractivity contribution >= 4 is 34.6 Å². The van der Waals surface area contributed by atoms with Crippen LogP contribution in [0.2, 0.25) is 5.02 Å². The van der Waals surface area contributed by atoms with Crippen molar-refractivity contribution in [2.24, 2.45) is 0 Å². The number of hydrogen-bond acceptors (Lipinski definition) is 3. The van der Waals surface area contributed by atoms with Crippen molar-refractivity contribution in [3.8, 4) is 5.75 Å². The second-order valence-corrected chi connectivity index (χ2v) is 7.44. The van der Waals surface area contributed by atoms with Crippen LogP contribution >= 0.6 is 23.8 Å². The summed E-state index contributed by atoms with van der Waals surface area (Å²) in [5, 5.41) is 2.78. The maximum Gasteiger partial charge on any atom is 0.417 e. The van der Waals surface area contributed by atoms with Gasteiger partial charge >= 0.3 is 6.18 Å². The number of ether oxygens (including phenoxy) is 1. The van der Waals surface area contributed by atoms with Gasteiger partial charge in [-0.1, -0.05) is 29.8 Å². The molecule has 3 aromatic rings. The van der Waals surface area contributed by atoms with Crippen LogP contribution in [0.4, 0.5) is 18.9 Å². The molecule has 0 saturated heterocycles. The molecule has 0 unspecified atom stereocenters. The Bertz CT molecular complexity index is 1030. The number of hydrogen-bond donors (Lipinski definition) is 1. The molecule has 1 heterocycles. The van der Waals surface area contributed by atoms with Gasteiger partial charge in [-0.2, -0.15) is 13.2 Å². The quantitative estimate of drug-likeness (QED) is 0.441. The van der Waals surface area contributed by atoms with Crippen molar-refractivity contribution in [1.82, 2.24) is 9.88 Å². The Morgan fingerprint density at radius 2 is 1.84 bits per heavy atom. The number of aromatic nitrogens is 1. The lowest BCUT2D eigenvalue weighted by molar-refractivity contribution is -0.137. The van der Waals surface area contributed by atoms with Crippen molar-refractivity contribution in [2.45, 2.75) is 19.3 Å². The normalized spacial score (nSPS) is 11.1. The summed E-state index contributed by atoms with van der Waals surface area (Å²) in [6.07, 6.45) is -2.89. The van der Waals surface area contributed by atoms with Crippen LogP contribution in [-0.2, 0) is 19.3 Å². The van der Waals surface area contributed by atoms with Gasteiger partial charge in [-0.25, -0.2) is 0 Å². The highest BCUT2D eigenvalue weighted by molar-refractivity contribution is 7.80. The number of nitrogens with one attached hydrogen (secondary N) is 1. The fourth-order valence-electron chi connectivity index (χ4n) is 2.86. The molecule has 0 amide bonds. The molecule has 3 rings (SSSR count). The molecule has 0 bridgehead atoms. The first kappa shape index (κ1) is 22.8. The van der Waals surface area contributed by atoms with E-state index in [1.165, 1.54) is 12.1 Å². The van der Waals surface area contributed by atoms with E-state index in [0.717, 1.165) is 23.1 Å². The number of thiocarbonyl (C=S) groups is 1. The molecule has 0 spiro atoms. The monoisotopic (exact) mass is 465 g/mol. The van der Waals surface area contributed by atoms with Gasteiger partial charge in [0.05, 0.1) is 29.9 Å². The van der Waals surface area contributed by atoms with E-state index in [2.05, 4.69) is 10.3 Å². The molecule has 0 aliphatic heterocycles. The molecule has 2 aromatic carbocycles. The van der Waals surface area contributed by atoms with Crippen LogP contribution in [0.1, 0.15) is 16.8 Å². The number of benzene rings is 2. The average Bonchev–Trinajstić information content (AvgIpc) is 2.75. The molecular weight excluding hydrogens is 447 g/mol. The third-order valence-electron chi connectivity index (χ3n) is 4.42. The minimum Gasteiger partial charge on any atom is -0.497 e. The highest BCUT2D eigenvalue weighted by atomic mass is 35.5. The molecule has 4 nitrogen and oxygen atoms in total.